The van der Waals surface area contributed by atoms with Crippen LogP contribution in [-0.4, -0.2) is 48.6 Å². The maximum absolute atomic E-state index is 13.8. The molecular formula is C23H22N6OS. The molecule has 0 aliphatic carbocycles. The summed E-state index contributed by atoms with van der Waals surface area (Å²) in [5.41, 5.74) is 5.15. The average molecular weight is 431 g/mol. The fourth-order valence-corrected chi connectivity index (χ4v) is 4.67. The molecule has 4 aromatic rings. The van der Waals surface area contributed by atoms with Gasteiger partial charge in [0.15, 0.2) is 0 Å². The molecule has 1 saturated heterocycles. The van der Waals surface area contributed by atoms with Gasteiger partial charge in [-0.25, -0.2) is 4.98 Å². The predicted octanol–water partition coefficient (Wildman–Crippen LogP) is 4.32. The van der Waals surface area contributed by atoms with Crippen molar-refractivity contribution < 1.29 is 4.79 Å². The quantitative estimate of drug-likeness (QED) is 0.385. The number of carbonyl (C=O) groups excluding carboxylic acids is 1. The van der Waals surface area contributed by atoms with E-state index in [1.54, 1.807) is 24.2 Å². The number of carbonyl (C=O) groups is 1. The van der Waals surface area contributed by atoms with Crippen molar-refractivity contribution in [2.45, 2.75) is 24.3 Å². The van der Waals surface area contributed by atoms with Crippen LogP contribution < -0.4 is 0 Å². The number of para-hydroxylation sites is 1. The van der Waals surface area contributed by atoms with Gasteiger partial charge in [-0.05, 0) is 43.9 Å². The molecule has 2 aromatic heterocycles. The largest absolute Gasteiger partial charge is 0.339 e. The van der Waals surface area contributed by atoms with Crippen LogP contribution in [0.3, 0.4) is 0 Å². The summed E-state index contributed by atoms with van der Waals surface area (Å²) in [7, 11) is 0. The third-order valence-corrected chi connectivity index (χ3v) is 6.34. The number of likely N-dealkylation sites (tertiary alicyclic amines) is 1. The molecule has 2 aromatic carbocycles. The minimum absolute atomic E-state index is 0.0785. The lowest BCUT2D eigenvalue weighted by atomic mass is 10.1. The molecule has 1 amide bonds. The van der Waals surface area contributed by atoms with E-state index in [-0.39, 0.29) is 11.9 Å². The van der Waals surface area contributed by atoms with E-state index in [9.17, 15) is 4.79 Å². The Balaban J connectivity index is 1.57. The number of rotatable bonds is 4. The van der Waals surface area contributed by atoms with Gasteiger partial charge in [0, 0.05) is 11.4 Å². The number of hydrogen-bond acceptors (Lipinski definition) is 5. The Morgan fingerprint density at radius 3 is 2.81 bits per heavy atom. The number of aryl methyl sites for hydroxylation is 1. The van der Waals surface area contributed by atoms with Crippen molar-refractivity contribution in [1.82, 2.24) is 29.9 Å². The highest BCUT2D eigenvalue weighted by molar-refractivity contribution is 7.98. The fourth-order valence-electron chi connectivity index (χ4n) is 4.10. The van der Waals surface area contributed by atoms with Crippen LogP contribution in [0.4, 0.5) is 0 Å². The van der Waals surface area contributed by atoms with Gasteiger partial charge in [0.1, 0.15) is 5.82 Å². The first-order valence-electron chi connectivity index (χ1n) is 10.0. The molecule has 1 fully saturated rings. The maximum atomic E-state index is 13.8. The Morgan fingerprint density at radius 1 is 1.23 bits per heavy atom. The number of amides is 1. The SMILES string of the molecule is C=C1CC(c2nc3cccc(SC)c3[nH]2)N(C(=O)c2cc(C)ccc2-n2nccn2)C1. The molecule has 3 heterocycles. The minimum atomic E-state index is -0.193. The van der Waals surface area contributed by atoms with Crippen molar-refractivity contribution in [3.63, 3.8) is 0 Å². The number of benzene rings is 2. The summed E-state index contributed by atoms with van der Waals surface area (Å²) in [6, 6.07) is 11.6. The molecule has 1 N–H and O–H groups in total. The van der Waals surface area contributed by atoms with Crippen LogP contribution in [0.25, 0.3) is 16.7 Å². The maximum Gasteiger partial charge on any atom is 0.257 e. The summed E-state index contributed by atoms with van der Waals surface area (Å²) >= 11 is 1.67. The number of imidazole rings is 1. The van der Waals surface area contributed by atoms with Gasteiger partial charge in [-0.3, -0.25) is 4.79 Å². The first-order valence-corrected chi connectivity index (χ1v) is 11.2. The first-order chi connectivity index (χ1) is 15.0. The van der Waals surface area contributed by atoms with Crippen molar-refractivity contribution in [3.8, 4) is 5.69 Å². The van der Waals surface area contributed by atoms with Crippen molar-refractivity contribution in [2.24, 2.45) is 0 Å². The summed E-state index contributed by atoms with van der Waals surface area (Å²) < 4.78 is 0. The predicted molar refractivity (Wildman–Crippen MR) is 122 cm³/mol. The lowest BCUT2D eigenvalue weighted by Crippen LogP contribution is -2.32. The van der Waals surface area contributed by atoms with E-state index in [1.807, 2.05) is 48.4 Å². The third kappa shape index (κ3) is 3.42. The minimum Gasteiger partial charge on any atom is -0.339 e. The fraction of sp³-hybridized carbons (Fsp3) is 0.217. The van der Waals surface area contributed by atoms with Crippen LogP contribution in [0.2, 0.25) is 0 Å². The van der Waals surface area contributed by atoms with E-state index in [4.69, 9.17) is 4.98 Å². The molecule has 1 aliphatic heterocycles. The molecule has 0 spiro atoms. The van der Waals surface area contributed by atoms with E-state index in [0.29, 0.717) is 24.2 Å². The van der Waals surface area contributed by atoms with Gasteiger partial charge in [0.05, 0.1) is 40.7 Å². The number of aromatic nitrogens is 5. The normalized spacial score (nSPS) is 16.4. The van der Waals surface area contributed by atoms with Crippen molar-refractivity contribution >= 4 is 28.7 Å². The summed E-state index contributed by atoms with van der Waals surface area (Å²) in [6.45, 7) is 6.63. The van der Waals surface area contributed by atoms with Crippen LogP contribution in [0.1, 0.15) is 34.2 Å². The van der Waals surface area contributed by atoms with Gasteiger partial charge in [0.25, 0.3) is 5.91 Å². The second-order valence-electron chi connectivity index (χ2n) is 7.72. The van der Waals surface area contributed by atoms with Crippen LogP contribution in [0.15, 0.2) is 65.8 Å². The number of H-pyrrole nitrogens is 1. The molecule has 5 rings (SSSR count). The van der Waals surface area contributed by atoms with Gasteiger partial charge < -0.3 is 9.88 Å². The van der Waals surface area contributed by atoms with Crippen molar-refractivity contribution in [1.29, 1.82) is 0 Å². The molecule has 0 bridgehead atoms. The highest BCUT2D eigenvalue weighted by Crippen LogP contribution is 2.36. The highest BCUT2D eigenvalue weighted by Gasteiger charge is 2.36. The van der Waals surface area contributed by atoms with E-state index < -0.39 is 0 Å². The van der Waals surface area contributed by atoms with E-state index in [0.717, 1.165) is 32.9 Å². The first kappa shape index (κ1) is 19.6. The number of fused-ring (bicyclic) bond motifs is 1. The standard InChI is InChI=1S/C23H22N6OS/c1-14-7-8-18(29-24-9-10-25-29)16(11-14)23(30)28-13-15(2)12-19(28)22-26-17-5-4-6-20(31-3)21(17)27-22/h4-11,19H,2,12-13H2,1,3H3,(H,26,27). The van der Waals surface area contributed by atoms with Gasteiger partial charge in [0.2, 0.25) is 0 Å². The average Bonchev–Trinajstić information content (AvgIpc) is 3.51. The number of nitrogens with zero attached hydrogens (tertiary/aromatic N) is 5. The third-order valence-electron chi connectivity index (χ3n) is 5.56. The molecule has 0 radical (unpaired) electrons. The van der Waals surface area contributed by atoms with Crippen molar-refractivity contribution in [3.05, 3.63) is 77.9 Å². The molecule has 31 heavy (non-hydrogen) atoms. The molecule has 8 heteroatoms. The molecule has 1 atom stereocenters. The zero-order valence-corrected chi connectivity index (χ0v) is 18.2. The lowest BCUT2D eigenvalue weighted by Gasteiger charge is -2.24. The van der Waals surface area contributed by atoms with Gasteiger partial charge in [-0.1, -0.05) is 29.8 Å². The highest BCUT2D eigenvalue weighted by atomic mass is 32.2. The molecule has 156 valence electrons. The monoisotopic (exact) mass is 430 g/mol. The number of thioether (sulfide) groups is 1. The smallest absolute Gasteiger partial charge is 0.257 e. The molecular weight excluding hydrogens is 408 g/mol. The number of aromatic amines is 1. The van der Waals surface area contributed by atoms with Crippen molar-refractivity contribution in [2.75, 3.05) is 12.8 Å². The summed E-state index contributed by atoms with van der Waals surface area (Å²) in [5, 5.41) is 8.44. The summed E-state index contributed by atoms with van der Waals surface area (Å²) in [5.74, 6) is 0.708. The van der Waals surface area contributed by atoms with Gasteiger partial charge >= 0.3 is 0 Å². The molecule has 1 aliphatic rings. The Hall–Kier alpha value is -3.39. The molecule has 7 nitrogen and oxygen atoms in total. The van der Waals surface area contributed by atoms with Gasteiger partial charge in [-0.15, -0.1) is 11.8 Å². The Bertz CT molecular complexity index is 1290. The topological polar surface area (TPSA) is 79.7 Å². The summed E-state index contributed by atoms with van der Waals surface area (Å²) in [6.07, 6.45) is 5.94. The van der Waals surface area contributed by atoms with Crippen LogP contribution >= 0.6 is 11.8 Å². The van der Waals surface area contributed by atoms with E-state index in [2.05, 4.69) is 27.8 Å². The Labute approximate surface area is 184 Å². The second kappa shape index (κ2) is 7.70. The Kier molecular flexibility index (Phi) is 4.86. The van der Waals surface area contributed by atoms with Crippen LogP contribution in [0, 0.1) is 6.92 Å². The second-order valence-corrected chi connectivity index (χ2v) is 8.57. The zero-order chi connectivity index (χ0) is 21.5. The van der Waals surface area contributed by atoms with Crippen LogP contribution in [-0.2, 0) is 0 Å². The molecule has 1 unspecified atom stereocenters. The number of nitrogens with one attached hydrogen (secondary N) is 1. The summed E-state index contributed by atoms with van der Waals surface area (Å²) in [4.78, 5) is 26.5. The lowest BCUT2D eigenvalue weighted by molar-refractivity contribution is 0.0732. The van der Waals surface area contributed by atoms with Gasteiger partial charge in [-0.2, -0.15) is 15.0 Å². The zero-order valence-electron chi connectivity index (χ0n) is 17.4. The molecule has 0 saturated carbocycles. The van der Waals surface area contributed by atoms with E-state index >= 15 is 0 Å². The van der Waals surface area contributed by atoms with E-state index in [1.165, 1.54) is 4.80 Å². The van der Waals surface area contributed by atoms with Crippen LogP contribution in [0.5, 0.6) is 0 Å². The number of hydrogen-bond donors (Lipinski definition) is 1. The Morgan fingerprint density at radius 2 is 2.03 bits per heavy atom.